The van der Waals surface area contributed by atoms with Crippen molar-refractivity contribution >= 4 is 29.3 Å². The highest BCUT2D eigenvalue weighted by Crippen LogP contribution is 2.24. The minimum atomic E-state index is -1.41. The number of carbonyl (C=O) groups is 3. The topological polar surface area (TPSA) is 93.2 Å². The number of hydrogen-bond acceptors (Lipinski definition) is 6. The quantitative estimate of drug-likeness (QED) is 0.685. The summed E-state index contributed by atoms with van der Waals surface area (Å²) in [6.45, 7) is 7.08. The van der Waals surface area contributed by atoms with Crippen molar-refractivity contribution in [1.29, 1.82) is 0 Å². The molecule has 1 aliphatic rings. The van der Waals surface area contributed by atoms with E-state index in [1.54, 1.807) is 29.2 Å². The van der Waals surface area contributed by atoms with Crippen molar-refractivity contribution in [2.75, 3.05) is 42.5 Å². The van der Waals surface area contributed by atoms with Gasteiger partial charge in [0, 0.05) is 43.1 Å². The van der Waals surface area contributed by atoms with Crippen LogP contribution in [0, 0.1) is 5.82 Å². The van der Waals surface area contributed by atoms with E-state index in [4.69, 9.17) is 4.74 Å². The van der Waals surface area contributed by atoms with E-state index in [-0.39, 0.29) is 11.7 Å². The zero-order valence-corrected chi connectivity index (χ0v) is 18.9. The molecule has 0 bridgehead atoms. The molecule has 176 valence electrons. The van der Waals surface area contributed by atoms with Crippen molar-refractivity contribution in [2.45, 2.75) is 26.4 Å². The third-order valence-electron chi connectivity index (χ3n) is 5.08. The van der Waals surface area contributed by atoms with Gasteiger partial charge in [0.2, 0.25) is 0 Å². The summed E-state index contributed by atoms with van der Waals surface area (Å²) in [6.07, 6.45) is -0.338. The van der Waals surface area contributed by atoms with Crippen LogP contribution in [-0.4, -0.2) is 61.2 Å². The van der Waals surface area contributed by atoms with Crippen LogP contribution in [0.15, 0.2) is 48.5 Å². The second-order valence-electron chi connectivity index (χ2n) is 8.74. The van der Waals surface area contributed by atoms with Gasteiger partial charge in [-0.25, -0.2) is 9.18 Å². The number of halogens is 1. The van der Waals surface area contributed by atoms with Crippen LogP contribution in [0.3, 0.4) is 0 Å². The van der Waals surface area contributed by atoms with E-state index >= 15 is 0 Å². The zero-order valence-electron chi connectivity index (χ0n) is 18.9. The average molecular weight is 456 g/mol. The largest absolute Gasteiger partial charge is 0.548 e. The lowest BCUT2D eigenvalue weighted by Gasteiger charge is -2.37. The number of hydrogen-bond donors (Lipinski definition) is 0. The monoisotopic (exact) mass is 456 g/mol. The normalized spacial score (nSPS) is 14.1. The molecule has 1 heterocycles. The van der Waals surface area contributed by atoms with Crippen LogP contribution in [0.2, 0.25) is 0 Å². The maximum atomic E-state index is 13.2. The van der Waals surface area contributed by atoms with Crippen molar-refractivity contribution < 1.29 is 28.6 Å². The first-order valence-electron chi connectivity index (χ1n) is 10.6. The maximum absolute atomic E-state index is 13.2. The highest BCUT2D eigenvalue weighted by atomic mass is 19.1. The summed E-state index contributed by atoms with van der Waals surface area (Å²) in [6, 6.07) is 11.8. The van der Waals surface area contributed by atoms with Crippen LogP contribution in [0.25, 0.3) is 0 Å². The van der Waals surface area contributed by atoms with Gasteiger partial charge in [-0.05, 0) is 69.3 Å². The zero-order chi connectivity index (χ0) is 24.2. The van der Waals surface area contributed by atoms with E-state index in [9.17, 15) is 23.9 Å². The van der Waals surface area contributed by atoms with Gasteiger partial charge in [-0.1, -0.05) is 0 Å². The Morgan fingerprint density at radius 2 is 1.55 bits per heavy atom. The lowest BCUT2D eigenvalue weighted by molar-refractivity contribution is -0.303. The number of carbonyl (C=O) groups excluding carboxylic acids is 3. The maximum Gasteiger partial charge on any atom is 0.410 e. The van der Waals surface area contributed by atoms with Gasteiger partial charge in [-0.2, -0.15) is 0 Å². The minimum absolute atomic E-state index is 0.167. The second kappa shape index (κ2) is 9.89. The van der Waals surface area contributed by atoms with Gasteiger partial charge in [0.25, 0.3) is 5.91 Å². The average Bonchev–Trinajstić information content (AvgIpc) is 2.76. The Balaban J connectivity index is 1.68. The molecule has 33 heavy (non-hydrogen) atoms. The van der Waals surface area contributed by atoms with Crippen LogP contribution in [-0.2, 0) is 9.53 Å². The number of amides is 2. The molecule has 1 saturated heterocycles. The molecule has 0 unspecified atom stereocenters. The van der Waals surface area contributed by atoms with Gasteiger partial charge in [0.05, 0.1) is 12.5 Å². The van der Waals surface area contributed by atoms with E-state index in [1.807, 2.05) is 20.8 Å². The second-order valence-corrected chi connectivity index (χ2v) is 8.74. The van der Waals surface area contributed by atoms with E-state index in [1.165, 1.54) is 12.1 Å². The predicted molar refractivity (Wildman–Crippen MR) is 120 cm³/mol. The fourth-order valence-corrected chi connectivity index (χ4v) is 3.47. The van der Waals surface area contributed by atoms with Crippen molar-refractivity contribution in [2.24, 2.45) is 0 Å². The smallest absolute Gasteiger partial charge is 0.410 e. The van der Waals surface area contributed by atoms with E-state index in [2.05, 4.69) is 4.90 Å². The number of benzene rings is 2. The Labute approximate surface area is 192 Å². The molecule has 0 aromatic heterocycles. The summed E-state index contributed by atoms with van der Waals surface area (Å²) in [7, 11) is 0. The Morgan fingerprint density at radius 3 is 2.06 bits per heavy atom. The Morgan fingerprint density at radius 1 is 0.970 bits per heavy atom. The molecule has 1 fully saturated rings. The first-order valence-corrected chi connectivity index (χ1v) is 10.6. The molecular weight excluding hydrogens is 429 g/mol. The standard InChI is InChI=1S/C24H28FN3O5/c1-24(2,3)33-23(32)27-14-12-26(13-15-27)19-8-10-20(11-9-19)28(16-21(29)30)22(31)17-4-6-18(25)7-5-17/h4-11H,12-16H2,1-3H3,(H,29,30)/p-1. The lowest BCUT2D eigenvalue weighted by Crippen LogP contribution is -2.50. The molecule has 3 rings (SSSR count). The number of ether oxygens (including phenoxy) is 1. The van der Waals surface area contributed by atoms with Crippen molar-refractivity contribution in [3.05, 3.63) is 59.9 Å². The minimum Gasteiger partial charge on any atom is -0.548 e. The molecular formula is C24H27FN3O5-. The molecule has 0 radical (unpaired) electrons. The van der Waals surface area contributed by atoms with Gasteiger partial charge in [-0.3, -0.25) is 4.79 Å². The molecule has 8 nitrogen and oxygen atoms in total. The molecule has 9 heteroatoms. The number of carboxylic acid groups (broad SMARTS) is 1. The predicted octanol–water partition coefficient (Wildman–Crippen LogP) is 2.28. The van der Waals surface area contributed by atoms with Gasteiger partial charge in [0.15, 0.2) is 0 Å². The van der Waals surface area contributed by atoms with Crippen LogP contribution < -0.4 is 14.9 Å². The summed E-state index contributed by atoms with van der Waals surface area (Å²) in [5.41, 5.74) is 0.877. The molecule has 0 atom stereocenters. The van der Waals surface area contributed by atoms with Crippen molar-refractivity contribution in [3.8, 4) is 0 Å². The summed E-state index contributed by atoms with van der Waals surface area (Å²) >= 11 is 0. The molecule has 0 aliphatic carbocycles. The lowest BCUT2D eigenvalue weighted by atomic mass is 10.1. The van der Waals surface area contributed by atoms with E-state index in [0.717, 1.165) is 22.7 Å². The summed E-state index contributed by atoms with van der Waals surface area (Å²) in [4.78, 5) is 41.1. The van der Waals surface area contributed by atoms with Crippen LogP contribution >= 0.6 is 0 Å². The number of nitrogens with zero attached hydrogens (tertiary/aromatic N) is 3. The summed E-state index contributed by atoms with van der Waals surface area (Å²) < 4.78 is 18.6. The Bertz CT molecular complexity index is 994. The molecule has 2 amide bonds. The molecule has 0 N–H and O–H groups in total. The van der Waals surface area contributed by atoms with Crippen LogP contribution in [0.4, 0.5) is 20.6 Å². The molecule has 0 spiro atoms. The van der Waals surface area contributed by atoms with Gasteiger partial charge in [0.1, 0.15) is 11.4 Å². The van der Waals surface area contributed by atoms with E-state index < -0.39 is 29.8 Å². The SMILES string of the molecule is CC(C)(C)OC(=O)N1CCN(c2ccc(N(CC(=O)[O-])C(=O)c3ccc(F)cc3)cc2)CC1. The molecule has 2 aromatic carbocycles. The number of aliphatic carboxylic acids is 1. The van der Waals surface area contributed by atoms with Gasteiger partial charge in [-0.15, -0.1) is 0 Å². The third kappa shape index (κ3) is 6.44. The Hall–Kier alpha value is -3.62. The number of rotatable bonds is 5. The molecule has 2 aromatic rings. The molecule has 0 saturated carbocycles. The summed E-state index contributed by atoms with van der Waals surface area (Å²) in [5.74, 6) is -2.47. The number of piperazine rings is 1. The fourth-order valence-electron chi connectivity index (χ4n) is 3.47. The number of anilines is 2. The van der Waals surface area contributed by atoms with Crippen LogP contribution in [0.5, 0.6) is 0 Å². The first-order chi connectivity index (χ1) is 15.5. The van der Waals surface area contributed by atoms with Crippen molar-refractivity contribution in [1.82, 2.24) is 4.90 Å². The van der Waals surface area contributed by atoms with Gasteiger partial charge >= 0.3 is 6.09 Å². The van der Waals surface area contributed by atoms with E-state index in [0.29, 0.717) is 31.9 Å². The first kappa shape index (κ1) is 24.0. The van der Waals surface area contributed by atoms with Gasteiger partial charge < -0.3 is 29.3 Å². The third-order valence-corrected chi connectivity index (χ3v) is 5.08. The summed E-state index contributed by atoms with van der Waals surface area (Å²) in [5, 5.41) is 11.2. The fraction of sp³-hybridized carbons (Fsp3) is 0.375. The van der Waals surface area contributed by atoms with Crippen molar-refractivity contribution in [3.63, 3.8) is 0 Å². The number of carboxylic acids is 1. The highest BCUT2D eigenvalue weighted by Gasteiger charge is 2.26. The Kier molecular flexibility index (Phi) is 7.20. The molecule has 1 aliphatic heterocycles. The van der Waals surface area contributed by atoms with Crippen LogP contribution in [0.1, 0.15) is 31.1 Å². The highest BCUT2D eigenvalue weighted by molar-refractivity contribution is 6.08.